The highest BCUT2D eigenvalue weighted by Crippen LogP contribution is 2.36. The highest BCUT2D eigenvalue weighted by molar-refractivity contribution is 7.23. The summed E-state index contributed by atoms with van der Waals surface area (Å²) < 4.78 is 0.901. The van der Waals surface area contributed by atoms with Crippen LogP contribution in [-0.2, 0) is 0 Å². The van der Waals surface area contributed by atoms with Crippen LogP contribution in [0.25, 0.3) is 9.75 Å². The van der Waals surface area contributed by atoms with Crippen molar-refractivity contribution in [2.75, 3.05) is 0 Å². The molecule has 62 valence electrons. The van der Waals surface area contributed by atoms with Crippen molar-refractivity contribution >= 4 is 34.3 Å². The van der Waals surface area contributed by atoms with Crippen LogP contribution < -0.4 is 0 Å². The van der Waals surface area contributed by atoms with Crippen molar-refractivity contribution < 1.29 is 0 Å². The summed E-state index contributed by atoms with van der Waals surface area (Å²) in [6.45, 7) is 2.04. The Kier molecular flexibility index (Phi) is 2.22. The summed E-state index contributed by atoms with van der Waals surface area (Å²) in [7, 11) is 0. The van der Waals surface area contributed by atoms with Gasteiger partial charge in [-0.2, -0.15) is 0 Å². The van der Waals surface area contributed by atoms with Crippen LogP contribution in [0.4, 0.5) is 0 Å². The molecule has 3 heteroatoms. The molecule has 0 radical (unpaired) electrons. The van der Waals surface area contributed by atoms with E-state index in [0.29, 0.717) is 0 Å². The van der Waals surface area contributed by atoms with E-state index in [-0.39, 0.29) is 0 Å². The van der Waals surface area contributed by atoms with Crippen molar-refractivity contribution in [3.63, 3.8) is 0 Å². The molecule has 0 aliphatic rings. The van der Waals surface area contributed by atoms with Gasteiger partial charge in [-0.1, -0.05) is 17.7 Å². The SMILES string of the molecule is Cc1cc(-c2cccs2)sc1Cl. The Balaban J connectivity index is 2.48. The molecule has 0 spiro atoms. The van der Waals surface area contributed by atoms with Crippen LogP contribution in [0.1, 0.15) is 5.56 Å². The molecule has 2 aromatic heterocycles. The van der Waals surface area contributed by atoms with E-state index in [1.54, 1.807) is 22.7 Å². The summed E-state index contributed by atoms with van der Waals surface area (Å²) in [6, 6.07) is 6.31. The molecule has 0 bridgehead atoms. The van der Waals surface area contributed by atoms with Gasteiger partial charge in [0.05, 0.1) is 4.34 Å². The van der Waals surface area contributed by atoms with Crippen LogP contribution in [0, 0.1) is 6.92 Å². The van der Waals surface area contributed by atoms with Gasteiger partial charge in [-0.25, -0.2) is 0 Å². The van der Waals surface area contributed by atoms with Gasteiger partial charge in [-0.15, -0.1) is 22.7 Å². The minimum Gasteiger partial charge on any atom is -0.143 e. The van der Waals surface area contributed by atoms with E-state index in [9.17, 15) is 0 Å². The molecule has 2 rings (SSSR count). The monoisotopic (exact) mass is 214 g/mol. The van der Waals surface area contributed by atoms with Crippen LogP contribution in [0.15, 0.2) is 23.6 Å². The van der Waals surface area contributed by atoms with Crippen LogP contribution in [-0.4, -0.2) is 0 Å². The molecule has 0 aliphatic heterocycles. The first kappa shape index (κ1) is 8.30. The zero-order chi connectivity index (χ0) is 8.55. The second-order valence-corrected chi connectivity index (χ2v) is 5.15. The molecule has 0 saturated carbocycles. The van der Waals surface area contributed by atoms with E-state index >= 15 is 0 Å². The van der Waals surface area contributed by atoms with Gasteiger partial charge in [0.1, 0.15) is 0 Å². The maximum atomic E-state index is 5.97. The average molecular weight is 215 g/mol. The smallest absolute Gasteiger partial charge is 0.0964 e. The lowest BCUT2D eigenvalue weighted by Gasteiger charge is -1.85. The number of hydrogen-bond acceptors (Lipinski definition) is 2. The molecule has 0 aromatic carbocycles. The molecule has 0 N–H and O–H groups in total. The lowest BCUT2D eigenvalue weighted by Crippen LogP contribution is -1.59. The topological polar surface area (TPSA) is 0 Å². The van der Waals surface area contributed by atoms with E-state index in [4.69, 9.17) is 11.6 Å². The number of hydrogen-bond donors (Lipinski definition) is 0. The van der Waals surface area contributed by atoms with Crippen molar-refractivity contribution in [1.82, 2.24) is 0 Å². The van der Waals surface area contributed by atoms with Gasteiger partial charge < -0.3 is 0 Å². The molecule has 0 atom stereocenters. The second kappa shape index (κ2) is 3.21. The van der Waals surface area contributed by atoms with Crippen LogP contribution in [0.2, 0.25) is 4.34 Å². The summed E-state index contributed by atoms with van der Waals surface area (Å²) in [5.41, 5.74) is 1.17. The van der Waals surface area contributed by atoms with Crippen LogP contribution in [0.5, 0.6) is 0 Å². The Labute approximate surface area is 84.4 Å². The summed E-state index contributed by atoms with van der Waals surface area (Å²) in [5.74, 6) is 0. The first-order valence-electron chi connectivity index (χ1n) is 3.57. The van der Waals surface area contributed by atoms with Crippen molar-refractivity contribution in [2.45, 2.75) is 6.92 Å². The van der Waals surface area contributed by atoms with Crippen molar-refractivity contribution in [3.05, 3.63) is 33.5 Å². The van der Waals surface area contributed by atoms with Crippen LogP contribution in [0.3, 0.4) is 0 Å². The summed E-state index contributed by atoms with van der Waals surface area (Å²) in [6.07, 6.45) is 0. The highest BCUT2D eigenvalue weighted by atomic mass is 35.5. The van der Waals surface area contributed by atoms with Gasteiger partial charge in [0.2, 0.25) is 0 Å². The third kappa shape index (κ3) is 1.42. The Morgan fingerprint density at radius 1 is 1.33 bits per heavy atom. The van der Waals surface area contributed by atoms with Crippen molar-refractivity contribution in [3.8, 4) is 9.75 Å². The largest absolute Gasteiger partial charge is 0.143 e. The van der Waals surface area contributed by atoms with Crippen LogP contribution >= 0.6 is 34.3 Å². The molecule has 2 heterocycles. The molecule has 0 fully saturated rings. The molecule has 0 saturated heterocycles. The molecule has 2 aromatic rings. The fraction of sp³-hybridized carbons (Fsp3) is 0.111. The number of rotatable bonds is 1. The minimum atomic E-state index is 0.901. The maximum absolute atomic E-state index is 5.97. The highest BCUT2D eigenvalue weighted by Gasteiger charge is 2.05. The average Bonchev–Trinajstić information content (AvgIpc) is 2.61. The fourth-order valence-electron chi connectivity index (χ4n) is 1.00. The van der Waals surface area contributed by atoms with E-state index in [2.05, 4.69) is 23.6 Å². The third-order valence-electron chi connectivity index (χ3n) is 1.62. The molecule has 0 unspecified atom stereocenters. The zero-order valence-electron chi connectivity index (χ0n) is 6.50. The number of thiophene rings is 2. The third-order valence-corrected chi connectivity index (χ3v) is 4.24. The summed E-state index contributed by atoms with van der Waals surface area (Å²) >= 11 is 9.37. The van der Waals surface area contributed by atoms with Crippen molar-refractivity contribution in [1.29, 1.82) is 0 Å². The molecule has 0 aliphatic carbocycles. The quantitative estimate of drug-likeness (QED) is 0.659. The Bertz CT molecular complexity index is 354. The molecule has 12 heavy (non-hydrogen) atoms. The molecule has 0 nitrogen and oxygen atoms in total. The predicted molar refractivity (Wildman–Crippen MR) is 57.4 cm³/mol. The van der Waals surface area contributed by atoms with Gasteiger partial charge in [-0.05, 0) is 30.0 Å². The lowest BCUT2D eigenvalue weighted by molar-refractivity contribution is 1.56. The van der Waals surface area contributed by atoms with E-state index < -0.39 is 0 Å². The fourth-order valence-corrected chi connectivity index (χ4v) is 3.03. The van der Waals surface area contributed by atoms with Gasteiger partial charge in [-0.3, -0.25) is 0 Å². The van der Waals surface area contributed by atoms with Gasteiger partial charge in [0.15, 0.2) is 0 Å². The van der Waals surface area contributed by atoms with E-state index in [1.165, 1.54) is 15.3 Å². The second-order valence-electron chi connectivity index (χ2n) is 2.54. The predicted octanol–water partition coefficient (Wildman–Crippen LogP) is 4.44. The normalized spacial score (nSPS) is 10.5. The zero-order valence-corrected chi connectivity index (χ0v) is 8.89. The summed E-state index contributed by atoms with van der Waals surface area (Å²) in [4.78, 5) is 2.57. The van der Waals surface area contributed by atoms with Gasteiger partial charge in [0.25, 0.3) is 0 Å². The Morgan fingerprint density at radius 2 is 2.17 bits per heavy atom. The minimum absolute atomic E-state index is 0.901. The van der Waals surface area contributed by atoms with E-state index in [1.807, 2.05) is 6.92 Å². The molecular weight excluding hydrogens is 208 g/mol. The lowest BCUT2D eigenvalue weighted by atomic mass is 10.3. The van der Waals surface area contributed by atoms with Gasteiger partial charge in [0, 0.05) is 9.75 Å². The summed E-state index contributed by atoms with van der Waals surface area (Å²) in [5, 5.41) is 2.08. The first-order valence-corrected chi connectivity index (χ1v) is 5.64. The Hall–Kier alpha value is -0.310. The maximum Gasteiger partial charge on any atom is 0.0964 e. The standard InChI is InChI=1S/C9H7ClS2/c1-6-5-8(12-9(6)10)7-3-2-4-11-7/h2-5H,1H3. The number of aryl methyl sites for hydroxylation is 1. The Morgan fingerprint density at radius 3 is 2.67 bits per heavy atom. The van der Waals surface area contributed by atoms with E-state index in [0.717, 1.165) is 4.34 Å². The number of halogens is 1. The first-order chi connectivity index (χ1) is 5.77. The molecule has 0 amide bonds. The van der Waals surface area contributed by atoms with Crippen molar-refractivity contribution in [2.24, 2.45) is 0 Å². The van der Waals surface area contributed by atoms with Gasteiger partial charge >= 0.3 is 0 Å². The molecular formula is C9H7ClS2.